The summed E-state index contributed by atoms with van der Waals surface area (Å²) >= 11 is 0. The van der Waals surface area contributed by atoms with E-state index in [0.29, 0.717) is 0 Å². The lowest BCUT2D eigenvalue weighted by Gasteiger charge is -2.21. The number of aromatic nitrogens is 4. The second-order valence-corrected chi connectivity index (χ2v) is 31.5. The number of hydrogen-bond acceptors (Lipinski definition) is 0. The van der Waals surface area contributed by atoms with Crippen molar-refractivity contribution in [2.24, 2.45) is 0 Å². The first-order chi connectivity index (χ1) is 56.3. The fraction of sp³-hybridized carbons (Fsp3) is 0.0364. The van der Waals surface area contributed by atoms with Crippen LogP contribution in [-0.2, 0) is 11.8 Å². The van der Waals surface area contributed by atoms with Crippen LogP contribution in [0.3, 0.4) is 0 Å². The monoisotopic (exact) mass is 1450 g/mol. The molecule has 0 radical (unpaired) electrons. The van der Waals surface area contributed by atoms with Crippen LogP contribution in [0.4, 0.5) is 0 Å². The maximum atomic E-state index is 2.52. The van der Waals surface area contributed by atoms with Crippen molar-refractivity contribution in [3.63, 3.8) is 0 Å². The van der Waals surface area contributed by atoms with Crippen LogP contribution in [0.15, 0.2) is 400 Å². The summed E-state index contributed by atoms with van der Waals surface area (Å²) in [7, 11) is 0. The number of rotatable bonds is 9. The van der Waals surface area contributed by atoms with Gasteiger partial charge in [-0.1, -0.05) is 293 Å². The highest BCUT2D eigenvalue weighted by Crippen LogP contribution is 2.53. The van der Waals surface area contributed by atoms with Gasteiger partial charge in [-0.25, -0.2) is 0 Å². The van der Waals surface area contributed by atoms with Crippen LogP contribution >= 0.6 is 0 Å². The van der Waals surface area contributed by atoms with Gasteiger partial charge in [0.15, 0.2) is 0 Å². The Morgan fingerprint density at radius 1 is 0.202 bits per heavy atom. The Hall–Kier alpha value is -14.6. The zero-order valence-electron chi connectivity index (χ0n) is 63.1. The van der Waals surface area contributed by atoms with Gasteiger partial charge in [0, 0.05) is 76.8 Å². The van der Waals surface area contributed by atoms with Gasteiger partial charge in [0.2, 0.25) is 0 Å². The highest BCUT2D eigenvalue weighted by molar-refractivity contribution is 6.18. The van der Waals surface area contributed by atoms with Gasteiger partial charge in [0.1, 0.15) is 0 Å². The van der Waals surface area contributed by atoms with Crippen molar-refractivity contribution in [3.05, 3.63) is 423 Å². The normalized spacial score (nSPS) is 12.7. The average molecular weight is 1450 g/mol. The van der Waals surface area contributed by atoms with E-state index in [9.17, 15) is 0 Å². The first kappa shape index (κ1) is 65.3. The minimum absolute atomic E-state index is 0.0899. The molecule has 22 aromatic rings. The van der Waals surface area contributed by atoms with E-state index >= 15 is 0 Å². The molecule has 0 N–H and O–H groups in total. The van der Waals surface area contributed by atoms with E-state index < -0.39 is 0 Å². The summed E-state index contributed by atoms with van der Waals surface area (Å²) in [4.78, 5) is 0. The summed E-state index contributed by atoms with van der Waals surface area (Å²) in [5.74, 6) is 0. The SMILES string of the molecule is CC1(C)c2ccccc2-c2cc3c4cc(-c5ccc6c(c5)c5ccccc5n6-c5cccc(-c6ccccc6)c5)ccc4n(-c4ccc5ccccc5c4)c3cc21.c1ccc(-c2cccc(-n3c4ccccc4c4cc(-c5ccc6c(c5)c5ccc7c(c5n6-c5cccc(-c6ccccc6)c5)-c5ccccc5C7)ccc43)c2)cc1. The molecule has 0 saturated carbocycles. The molecule has 0 amide bonds. The van der Waals surface area contributed by atoms with Crippen LogP contribution in [-0.4, -0.2) is 18.3 Å². The van der Waals surface area contributed by atoms with E-state index in [-0.39, 0.29) is 5.41 Å². The van der Waals surface area contributed by atoms with Gasteiger partial charge < -0.3 is 18.3 Å². The van der Waals surface area contributed by atoms with Crippen molar-refractivity contribution in [1.29, 1.82) is 0 Å². The topological polar surface area (TPSA) is 19.7 Å². The molecule has 18 aromatic carbocycles. The Balaban J connectivity index is 0.000000135. The molecule has 24 rings (SSSR count). The maximum absolute atomic E-state index is 2.52. The zero-order valence-corrected chi connectivity index (χ0v) is 63.1. The molecular formula is C110H74N4. The Labute approximate surface area is 660 Å². The van der Waals surface area contributed by atoms with Crippen molar-refractivity contribution >= 4 is 98.0 Å². The highest BCUT2D eigenvalue weighted by Gasteiger charge is 2.37. The minimum atomic E-state index is -0.0899. The summed E-state index contributed by atoms with van der Waals surface area (Å²) in [5.41, 5.74) is 37.5. The minimum Gasteiger partial charge on any atom is -0.309 e. The Morgan fingerprint density at radius 3 is 1.15 bits per heavy atom. The predicted octanol–water partition coefficient (Wildman–Crippen LogP) is 29.1. The third kappa shape index (κ3) is 10.3. The number of nitrogens with zero attached hydrogens (tertiary/aromatic N) is 4. The van der Waals surface area contributed by atoms with E-state index in [1.807, 2.05) is 0 Å². The molecule has 2 aliphatic rings. The lowest BCUT2D eigenvalue weighted by Crippen LogP contribution is -2.14. The van der Waals surface area contributed by atoms with Gasteiger partial charge in [-0.2, -0.15) is 0 Å². The summed E-state index contributed by atoms with van der Waals surface area (Å²) in [6, 6.07) is 148. The Bertz CT molecular complexity index is 7710. The average Bonchev–Trinajstić information content (AvgIpc) is 1.56. The zero-order chi connectivity index (χ0) is 75.3. The first-order valence-electron chi connectivity index (χ1n) is 39.7. The van der Waals surface area contributed by atoms with Crippen molar-refractivity contribution in [2.45, 2.75) is 25.7 Å². The molecule has 0 spiro atoms. The van der Waals surface area contributed by atoms with Crippen LogP contribution < -0.4 is 0 Å². The quantitative estimate of drug-likeness (QED) is 0.137. The molecule has 0 bridgehead atoms. The summed E-state index contributed by atoms with van der Waals surface area (Å²) in [6.07, 6.45) is 0.961. The largest absolute Gasteiger partial charge is 0.309 e. The van der Waals surface area contributed by atoms with Gasteiger partial charge >= 0.3 is 0 Å². The van der Waals surface area contributed by atoms with Crippen LogP contribution in [0.5, 0.6) is 0 Å². The van der Waals surface area contributed by atoms with E-state index in [4.69, 9.17) is 0 Å². The lowest BCUT2D eigenvalue weighted by atomic mass is 9.82. The molecule has 0 unspecified atom stereocenters. The molecule has 0 atom stereocenters. The molecule has 114 heavy (non-hydrogen) atoms. The third-order valence-corrected chi connectivity index (χ3v) is 24.8. The maximum Gasteiger partial charge on any atom is 0.0622 e. The van der Waals surface area contributed by atoms with Crippen molar-refractivity contribution < 1.29 is 0 Å². The molecule has 4 heteroatoms. The number of hydrogen-bond donors (Lipinski definition) is 0. The Kier molecular flexibility index (Phi) is 14.8. The molecule has 0 saturated heterocycles. The van der Waals surface area contributed by atoms with Gasteiger partial charge in [0.05, 0.1) is 44.1 Å². The second kappa shape index (κ2) is 25.8. The van der Waals surface area contributed by atoms with Crippen molar-refractivity contribution in [3.8, 4) is 101 Å². The summed E-state index contributed by atoms with van der Waals surface area (Å²) in [6.45, 7) is 4.75. The standard InChI is InChI=1S/C55H38N2.C55H36N2/c1-55(2)49-21-10-8-19-43(49)45-33-48-47-32-40(25-28-53(47)57(54(48)34-50(45)55)42-26-23-36-15-6-7-16-37(36)30-42)39-24-27-52-46(31-39)44-20-9-11-22-51(44)56(52)41-18-12-17-38(29-41)35-13-4-3-5-14-35;1-3-13-36(14-4-1)38-18-11-20-44(32-38)56-51-24-10-9-23-47(51)49-34-40(26-29-52(49)56)41-27-30-53-50(35-41)48-28-25-43-31-42-17-7-8-22-46(42)54(43)55(48)57(53)45-21-12-19-39(33-45)37-15-5-2-6-16-37/h3-34H,1-2H3;1-30,32-35H,31H2. The summed E-state index contributed by atoms with van der Waals surface area (Å²) in [5, 5.41) is 12.6. The number of benzene rings is 18. The highest BCUT2D eigenvalue weighted by atomic mass is 15.0. The molecule has 2 aliphatic carbocycles. The van der Waals surface area contributed by atoms with Gasteiger partial charge in [-0.15, -0.1) is 0 Å². The second-order valence-electron chi connectivity index (χ2n) is 31.5. The number of fused-ring (bicyclic) bond motifs is 20. The van der Waals surface area contributed by atoms with Crippen molar-refractivity contribution in [1.82, 2.24) is 18.3 Å². The molecule has 0 aliphatic heterocycles. The molecule has 534 valence electrons. The first-order valence-corrected chi connectivity index (χ1v) is 39.7. The van der Waals surface area contributed by atoms with Gasteiger partial charge in [-0.3, -0.25) is 0 Å². The molecule has 4 aromatic heterocycles. The molecular weight excluding hydrogens is 1380 g/mol. The van der Waals surface area contributed by atoms with E-state index in [1.54, 1.807) is 0 Å². The van der Waals surface area contributed by atoms with Crippen LogP contribution in [0, 0.1) is 0 Å². The smallest absolute Gasteiger partial charge is 0.0622 e. The third-order valence-electron chi connectivity index (χ3n) is 24.8. The van der Waals surface area contributed by atoms with Crippen LogP contribution in [0.1, 0.15) is 36.1 Å². The van der Waals surface area contributed by atoms with Gasteiger partial charge in [0.25, 0.3) is 0 Å². The van der Waals surface area contributed by atoms with Gasteiger partial charge in [-0.05, 0) is 233 Å². The number of para-hydroxylation sites is 2. The predicted molar refractivity (Wildman–Crippen MR) is 481 cm³/mol. The van der Waals surface area contributed by atoms with E-state index in [2.05, 4.69) is 432 Å². The molecule has 4 nitrogen and oxygen atoms in total. The van der Waals surface area contributed by atoms with E-state index in [1.165, 1.54) is 210 Å². The molecule has 4 heterocycles. The van der Waals surface area contributed by atoms with Crippen LogP contribution in [0.2, 0.25) is 0 Å². The fourth-order valence-corrected chi connectivity index (χ4v) is 19.4. The fourth-order valence-electron chi connectivity index (χ4n) is 19.4. The summed E-state index contributed by atoms with van der Waals surface area (Å²) < 4.78 is 9.84. The van der Waals surface area contributed by atoms with Crippen molar-refractivity contribution in [2.75, 3.05) is 0 Å². The lowest BCUT2D eigenvalue weighted by molar-refractivity contribution is 0.661. The molecule has 0 fully saturated rings. The van der Waals surface area contributed by atoms with E-state index in [0.717, 1.165) is 17.8 Å². The van der Waals surface area contributed by atoms with Crippen LogP contribution in [0.25, 0.3) is 199 Å². The Morgan fingerprint density at radius 2 is 0.596 bits per heavy atom.